The summed E-state index contributed by atoms with van der Waals surface area (Å²) in [5.74, 6) is 0.969. The van der Waals surface area contributed by atoms with E-state index < -0.39 is 11.0 Å². The molecule has 1 aromatic carbocycles. The number of hydrogen-bond donors (Lipinski definition) is 1. The molecule has 2 unspecified atom stereocenters. The lowest BCUT2D eigenvalue weighted by atomic mass is 10.2. The average Bonchev–Trinajstić information content (AvgIpc) is 2.99. The third-order valence-corrected chi connectivity index (χ3v) is 5.13. The Balaban J connectivity index is 1.69. The first kappa shape index (κ1) is 15.8. The fourth-order valence-corrected chi connectivity index (χ4v) is 3.79. The van der Waals surface area contributed by atoms with Crippen LogP contribution in [0.4, 0.5) is 11.4 Å². The van der Waals surface area contributed by atoms with Gasteiger partial charge in [-0.05, 0) is 19.1 Å². The van der Waals surface area contributed by atoms with Gasteiger partial charge in [0.15, 0.2) is 0 Å². The molecular formula is C15H18N4O3S. The first-order chi connectivity index (χ1) is 11.0. The van der Waals surface area contributed by atoms with Crippen molar-refractivity contribution in [1.29, 1.82) is 0 Å². The molecule has 2 atom stereocenters. The van der Waals surface area contributed by atoms with Crippen molar-refractivity contribution in [3.05, 3.63) is 46.8 Å². The summed E-state index contributed by atoms with van der Waals surface area (Å²) in [6.45, 7) is 2.83. The largest absolute Gasteiger partial charge is 0.389 e. The van der Waals surface area contributed by atoms with Crippen LogP contribution in [-0.2, 0) is 6.54 Å². The van der Waals surface area contributed by atoms with Crippen molar-refractivity contribution in [1.82, 2.24) is 9.78 Å². The molecule has 0 aliphatic carbocycles. The number of anilines is 1. The zero-order valence-corrected chi connectivity index (χ0v) is 13.5. The lowest BCUT2D eigenvalue weighted by molar-refractivity contribution is -0.385. The van der Waals surface area contributed by atoms with Crippen molar-refractivity contribution in [3.63, 3.8) is 0 Å². The van der Waals surface area contributed by atoms with E-state index in [-0.39, 0.29) is 12.2 Å². The van der Waals surface area contributed by atoms with E-state index in [2.05, 4.69) is 29.1 Å². The van der Waals surface area contributed by atoms with E-state index in [4.69, 9.17) is 0 Å². The number of aromatic nitrogens is 2. The van der Waals surface area contributed by atoms with Crippen molar-refractivity contribution in [2.45, 2.75) is 30.5 Å². The zero-order valence-electron chi connectivity index (χ0n) is 12.7. The van der Waals surface area contributed by atoms with Crippen molar-refractivity contribution in [3.8, 4) is 0 Å². The summed E-state index contributed by atoms with van der Waals surface area (Å²) in [5, 5.41) is 25.0. The SMILES string of the molecule is CC1CSc2ccccc2N1CC(O)Cn1cc([N+](=O)[O-])cn1. The number of fused-ring (bicyclic) bond motifs is 1. The molecule has 23 heavy (non-hydrogen) atoms. The van der Waals surface area contributed by atoms with Crippen LogP contribution in [-0.4, -0.2) is 44.3 Å². The van der Waals surface area contributed by atoms with Crippen LogP contribution in [0.15, 0.2) is 41.6 Å². The molecule has 0 radical (unpaired) electrons. The standard InChI is InChI=1S/C15H18N4O3S/c1-11-10-23-15-5-3-2-4-14(15)18(11)9-13(20)8-17-7-12(6-16-17)19(21)22/h2-7,11,13,20H,8-10H2,1H3. The second-order valence-electron chi connectivity index (χ2n) is 5.61. The molecule has 0 fully saturated rings. The molecule has 0 amide bonds. The van der Waals surface area contributed by atoms with Crippen LogP contribution in [0.25, 0.3) is 0 Å². The topological polar surface area (TPSA) is 84.4 Å². The Morgan fingerprint density at radius 3 is 3.00 bits per heavy atom. The zero-order chi connectivity index (χ0) is 16.4. The van der Waals surface area contributed by atoms with Gasteiger partial charge in [0.05, 0.1) is 23.3 Å². The van der Waals surface area contributed by atoms with Crippen LogP contribution in [0.5, 0.6) is 0 Å². The molecule has 1 aliphatic rings. The minimum atomic E-state index is -0.659. The molecule has 122 valence electrons. The molecule has 1 N–H and O–H groups in total. The number of aliphatic hydroxyl groups is 1. The number of aliphatic hydroxyl groups excluding tert-OH is 1. The number of nitro groups is 1. The predicted molar refractivity (Wildman–Crippen MR) is 88.9 cm³/mol. The van der Waals surface area contributed by atoms with Gasteiger partial charge < -0.3 is 10.0 Å². The normalized spacial score (nSPS) is 18.5. The predicted octanol–water partition coefficient (Wildman–Crippen LogP) is 2.15. The van der Waals surface area contributed by atoms with Gasteiger partial charge in [-0.1, -0.05) is 12.1 Å². The van der Waals surface area contributed by atoms with E-state index in [9.17, 15) is 15.2 Å². The molecule has 0 spiro atoms. The Labute approximate surface area is 138 Å². The van der Waals surface area contributed by atoms with Crippen LogP contribution in [0.1, 0.15) is 6.92 Å². The van der Waals surface area contributed by atoms with Crippen molar-refractivity contribution in [2.24, 2.45) is 0 Å². The highest BCUT2D eigenvalue weighted by Crippen LogP contribution is 2.37. The molecule has 2 heterocycles. The minimum absolute atomic E-state index is 0.0645. The number of β-amino-alcohol motifs (C(OH)–C–C–N with tert-alkyl or cyclic N) is 1. The smallest absolute Gasteiger partial charge is 0.306 e. The van der Waals surface area contributed by atoms with Gasteiger partial charge >= 0.3 is 5.69 Å². The molecule has 1 aromatic heterocycles. The highest BCUT2D eigenvalue weighted by molar-refractivity contribution is 7.99. The lowest BCUT2D eigenvalue weighted by Crippen LogP contribution is -2.43. The summed E-state index contributed by atoms with van der Waals surface area (Å²) in [4.78, 5) is 13.6. The van der Waals surface area contributed by atoms with Crippen LogP contribution in [0, 0.1) is 10.1 Å². The summed E-state index contributed by atoms with van der Waals surface area (Å²) in [6, 6.07) is 8.47. The number of benzene rings is 1. The fourth-order valence-electron chi connectivity index (χ4n) is 2.68. The maximum atomic E-state index is 10.7. The monoisotopic (exact) mass is 334 g/mol. The van der Waals surface area contributed by atoms with Gasteiger partial charge in [0.1, 0.15) is 12.4 Å². The van der Waals surface area contributed by atoms with Gasteiger partial charge in [-0.2, -0.15) is 5.10 Å². The van der Waals surface area contributed by atoms with Gasteiger partial charge in [-0.15, -0.1) is 11.8 Å². The summed E-state index contributed by atoms with van der Waals surface area (Å²) in [5.41, 5.74) is 1.06. The number of para-hydroxylation sites is 1. The van der Waals surface area contributed by atoms with Crippen LogP contribution < -0.4 is 4.90 Å². The maximum absolute atomic E-state index is 10.7. The van der Waals surface area contributed by atoms with Crippen LogP contribution in [0.3, 0.4) is 0 Å². The lowest BCUT2D eigenvalue weighted by Gasteiger charge is -2.37. The highest BCUT2D eigenvalue weighted by atomic mass is 32.2. The summed E-state index contributed by atoms with van der Waals surface area (Å²) in [6.07, 6.45) is 1.88. The van der Waals surface area contributed by atoms with Gasteiger partial charge in [0.25, 0.3) is 0 Å². The van der Waals surface area contributed by atoms with E-state index in [1.165, 1.54) is 22.0 Å². The first-order valence-electron chi connectivity index (χ1n) is 7.38. The Bertz CT molecular complexity index is 706. The molecule has 0 saturated heterocycles. The second-order valence-corrected chi connectivity index (χ2v) is 6.67. The number of nitrogens with zero attached hydrogens (tertiary/aromatic N) is 4. The molecular weight excluding hydrogens is 316 g/mol. The Morgan fingerprint density at radius 1 is 1.48 bits per heavy atom. The van der Waals surface area contributed by atoms with E-state index in [0.717, 1.165) is 11.4 Å². The number of hydrogen-bond acceptors (Lipinski definition) is 6. The van der Waals surface area contributed by atoms with Gasteiger partial charge in [-0.3, -0.25) is 14.8 Å². The summed E-state index contributed by atoms with van der Waals surface area (Å²) in [7, 11) is 0. The van der Waals surface area contributed by atoms with Crippen molar-refractivity contribution >= 4 is 23.1 Å². The van der Waals surface area contributed by atoms with Gasteiger partial charge in [0, 0.05) is 23.2 Å². The van der Waals surface area contributed by atoms with Crippen molar-refractivity contribution in [2.75, 3.05) is 17.2 Å². The first-order valence-corrected chi connectivity index (χ1v) is 8.36. The molecule has 1 aliphatic heterocycles. The van der Waals surface area contributed by atoms with E-state index in [0.29, 0.717) is 12.6 Å². The summed E-state index contributed by atoms with van der Waals surface area (Å²) >= 11 is 1.82. The van der Waals surface area contributed by atoms with E-state index in [1.54, 1.807) is 0 Å². The quantitative estimate of drug-likeness (QED) is 0.666. The van der Waals surface area contributed by atoms with E-state index >= 15 is 0 Å². The molecule has 2 aromatic rings. The number of rotatable bonds is 5. The molecule has 8 heteroatoms. The third kappa shape index (κ3) is 3.48. The maximum Gasteiger partial charge on any atom is 0.306 e. The van der Waals surface area contributed by atoms with Gasteiger partial charge in [-0.25, -0.2) is 0 Å². The molecule has 3 rings (SSSR count). The Kier molecular flexibility index (Phi) is 4.53. The Morgan fingerprint density at radius 2 is 2.26 bits per heavy atom. The second kappa shape index (κ2) is 6.59. The molecule has 0 bridgehead atoms. The van der Waals surface area contributed by atoms with E-state index in [1.807, 2.05) is 23.9 Å². The fraction of sp³-hybridized carbons (Fsp3) is 0.400. The van der Waals surface area contributed by atoms with Crippen LogP contribution in [0.2, 0.25) is 0 Å². The summed E-state index contributed by atoms with van der Waals surface area (Å²) < 4.78 is 1.41. The highest BCUT2D eigenvalue weighted by Gasteiger charge is 2.25. The average molecular weight is 334 g/mol. The minimum Gasteiger partial charge on any atom is -0.389 e. The number of thioether (sulfide) groups is 1. The van der Waals surface area contributed by atoms with Crippen molar-refractivity contribution < 1.29 is 10.0 Å². The third-order valence-electron chi connectivity index (χ3n) is 3.82. The molecule has 7 nitrogen and oxygen atoms in total. The molecule has 0 saturated carbocycles. The Hall–Kier alpha value is -2.06. The van der Waals surface area contributed by atoms with Crippen LogP contribution >= 0.6 is 11.8 Å². The van der Waals surface area contributed by atoms with Gasteiger partial charge in [0.2, 0.25) is 0 Å².